The minimum Gasteiger partial charge on any atom is -0.348 e. The Bertz CT molecular complexity index is 320. The highest BCUT2D eigenvalue weighted by Gasteiger charge is 2.23. The molecule has 1 unspecified atom stereocenters. The molecule has 2 amide bonds. The van der Waals surface area contributed by atoms with Crippen LogP contribution >= 0.6 is 0 Å². The number of nitrogens with one attached hydrogen (secondary N) is 1. The van der Waals surface area contributed by atoms with Crippen LogP contribution in [0.15, 0.2) is 0 Å². The standard InChI is InChI=1S/C13H26N4O2/c1-11(14-2)13(19)17-7-5-6-16(8-9-17)10-12(18)15(3)4/h11,14H,5-10H2,1-4H3. The molecule has 0 radical (unpaired) electrons. The highest BCUT2D eigenvalue weighted by atomic mass is 16.2. The first-order chi connectivity index (χ1) is 8.95. The van der Waals surface area contributed by atoms with Crippen LogP contribution in [-0.2, 0) is 9.59 Å². The first-order valence-electron chi connectivity index (χ1n) is 6.84. The van der Waals surface area contributed by atoms with Gasteiger partial charge in [0, 0.05) is 40.3 Å². The van der Waals surface area contributed by atoms with Crippen molar-refractivity contribution in [3.63, 3.8) is 0 Å². The molecule has 1 aliphatic heterocycles. The van der Waals surface area contributed by atoms with Gasteiger partial charge in [0.05, 0.1) is 12.6 Å². The molecule has 1 N–H and O–H groups in total. The van der Waals surface area contributed by atoms with Gasteiger partial charge in [-0.1, -0.05) is 0 Å². The number of carbonyl (C=O) groups is 2. The largest absolute Gasteiger partial charge is 0.348 e. The van der Waals surface area contributed by atoms with Gasteiger partial charge in [-0.05, 0) is 20.4 Å². The third-order valence-electron chi connectivity index (χ3n) is 3.56. The third kappa shape index (κ3) is 4.80. The first-order valence-corrected chi connectivity index (χ1v) is 6.84. The lowest BCUT2D eigenvalue weighted by Gasteiger charge is -2.24. The van der Waals surface area contributed by atoms with Crippen LogP contribution in [0.3, 0.4) is 0 Å². The van der Waals surface area contributed by atoms with Gasteiger partial charge in [0.2, 0.25) is 11.8 Å². The van der Waals surface area contributed by atoms with Crippen LogP contribution < -0.4 is 5.32 Å². The lowest BCUT2D eigenvalue weighted by Crippen LogP contribution is -2.45. The quantitative estimate of drug-likeness (QED) is 0.728. The van der Waals surface area contributed by atoms with E-state index in [1.54, 1.807) is 26.0 Å². The Morgan fingerprint density at radius 1 is 1.21 bits per heavy atom. The van der Waals surface area contributed by atoms with Crippen LogP contribution in [0.2, 0.25) is 0 Å². The topological polar surface area (TPSA) is 55.9 Å². The first kappa shape index (κ1) is 15.9. The normalized spacial score (nSPS) is 18.8. The fraction of sp³-hybridized carbons (Fsp3) is 0.846. The molecular weight excluding hydrogens is 244 g/mol. The average Bonchev–Trinajstić information content (AvgIpc) is 2.62. The Morgan fingerprint density at radius 3 is 2.47 bits per heavy atom. The molecule has 6 heteroatoms. The second-order valence-corrected chi connectivity index (χ2v) is 5.25. The van der Waals surface area contributed by atoms with Gasteiger partial charge in [-0.3, -0.25) is 14.5 Å². The maximum Gasteiger partial charge on any atom is 0.239 e. The number of nitrogens with zero attached hydrogens (tertiary/aromatic N) is 3. The Morgan fingerprint density at radius 2 is 1.89 bits per heavy atom. The van der Waals surface area contributed by atoms with Crippen molar-refractivity contribution >= 4 is 11.8 Å². The van der Waals surface area contributed by atoms with Gasteiger partial charge >= 0.3 is 0 Å². The van der Waals surface area contributed by atoms with E-state index < -0.39 is 0 Å². The zero-order valence-electron chi connectivity index (χ0n) is 12.5. The van der Waals surface area contributed by atoms with E-state index in [9.17, 15) is 9.59 Å². The third-order valence-corrected chi connectivity index (χ3v) is 3.56. The predicted octanol–water partition coefficient (Wildman–Crippen LogP) is -0.783. The lowest BCUT2D eigenvalue weighted by atomic mass is 10.2. The van der Waals surface area contributed by atoms with Gasteiger partial charge in [-0.15, -0.1) is 0 Å². The Hall–Kier alpha value is -1.14. The highest BCUT2D eigenvalue weighted by molar-refractivity contribution is 5.81. The molecule has 6 nitrogen and oxygen atoms in total. The molecule has 0 aromatic rings. The Kier molecular flexibility index (Phi) is 6.24. The van der Waals surface area contributed by atoms with Gasteiger partial charge in [0.1, 0.15) is 0 Å². The zero-order chi connectivity index (χ0) is 14.4. The van der Waals surface area contributed by atoms with E-state index >= 15 is 0 Å². The molecule has 0 saturated carbocycles. The van der Waals surface area contributed by atoms with Crippen molar-refractivity contribution in [1.82, 2.24) is 20.0 Å². The molecule has 1 heterocycles. The summed E-state index contributed by atoms with van der Waals surface area (Å²) < 4.78 is 0. The van der Waals surface area contributed by atoms with Crippen molar-refractivity contribution in [2.75, 3.05) is 53.9 Å². The molecular formula is C13H26N4O2. The minimum absolute atomic E-state index is 0.114. The van der Waals surface area contributed by atoms with Gasteiger partial charge in [0.15, 0.2) is 0 Å². The average molecular weight is 270 g/mol. The maximum absolute atomic E-state index is 12.1. The summed E-state index contributed by atoms with van der Waals surface area (Å²) in [5.41, 5.74) is 0. The number of carbonyl (C=O) groups excluding carboxylic acids is 2. The molecule has 0 aromatic carbocycles. The summed E-state index contributed by atoms with van der Waals surface area (Å²) in [6.07, 6.45) is 0.920. The van der Waals surface area contributed by atoms with Crippen LogP contribution in [-0.4, -0.2) is 86.4 Å². The van der Waals surface area contributed by atoms with Crippen molar-refractivity contribution in [2.45, 2.75) is 19.4 Å². The summed E-state index contributed by atoms with van der Waals surface area (Å²) >= 11 is 0. The van der Waals surface area contributed by atoms with Gasteiger partial charge in [-0.2, -0.15) is 0 Å². The smallest absolute Gasteiger partial charge is 0.239 e. The Labute approximate surface area is 115 Å². The predicted molar refractivity (Wildman–Crippen MR) is 74.9 cm³/mol. The molecule has 0 spiro atoms. The summed E-state index contributed by atoms with van der Waals surface area (Å²) in [6, 6.07) is -0.144. The van der Waals surface area contributed by atoms with Crippen LogP contribution in [0, 0.1) is 0 Å². The summed E-state index contributed by atoms with van der Waals surface area (Å²) in [5, 5.41) is 2.98. The van der Waals surface area contributed by atoms with E-state index in [1.165, 1.54) is 0 Å². The minimum atomic E-state index is -0.144. The van der Waals surface area contributed by atoms with Crippen LogP contribution in [0.25, 0.3) is 0 Å². The second-order valence-electron chi connectivity index (χ2n) is 5.25. The molecule has 19 heavy (non-hydrogen) atoms. The van der Waals surface area contributed by atoms with E-state index in [0.29, 0.717) is 13.1 Å². The number of rotatable bonds is 4. The van der Waals surface area contributed by atoms with Crippen molar-refractivity contribution in [3.8, 4) is 0 Å². The van der Waals surface area contributed by atoms with E-state index in [2.05, 4.69) is 10.2 Å². The maximum atomic E-state index is 12.1. The van der Waals surface area contributed by atoms with Crippen molar-refractivity contribution in [3.05, 3.63) is 0 Å². The number of likely N-dealkylation sites (N-methyl/N-ethyl adjacent to an activating group) is 2. The van der Waals surface area contributed by atoms with Crippen LogP contribution in [0.5, 0.6) is 0 Å². The summed E-state index contributed by atoms with van der Waals surface area (Å²) in [4.78, 5) is 29.4. The summed E-state index contributed by atoms with van der Waals surface area (Å²) in [7, 11) is 5.33. The van der Waals surface area contributed by atoms with E-state index in [0.717, 1.165) is 26.1 Å². The van der Waals surface area contributed by atoms with Crippen LogP contribution in [0.1, 0.15) is 13.3 Å². The lowest BCUT2D eigenvalue weighted by molar-refractivity contribution is -0.132. The van der Waals surface area contributed by atoms with Crippen molar-refractivity contribution in [2.24, 2.45) is 0 Å². The molecule has 1 fully saturated rings. The molecule has 110 valence electrons. The van der Waals surface area contributed by atoms with Gasteiger partial charge < -0.3 is 15.1 Å². The molecule has 1 saturated heterocycles. The summed E-state index contributed by atoms with van der Waals surface area (Å²) in [5.74, 6) is 0.256. The van der Waals surface area contributed by atoms with E-state index in [-0.39, 0.29) is 17.9 Å². The monoisotopic (exact) mass is 270 g/mol. The van der Waals surface area contributed by atoms with Crippen molar-refractivity contribution in [1.29, 1.82) is 0 Å². The molecule has 1 aliphatic rings. The fourth-order valence-corrected chi connectivity index (χ4v) is 2.08. The zero-order valence-corrected chi connectivity index (χ0v) is 12.5. The number of hydrogen-bond acceptors (Lipinski definition) is 4. The Balaban J connectivity index is 2.47. The van der Waals surface area contributed by atoms with E-state index in [1.807, 2.05) is 11.8 Å². The van der Waals surface area contributed by atoms with E-state index in [4.69, 9.17) is 0 Å². The SMILES string of the molecule is CNC(C)C(=O)N1CCCN(CC(=O)N(C)C)CC1. The van der Waals surface area contributed by atoms with Crippen molar-refractivity contribution < 1.29 is 9.59 Å². The van der Waals surface area contributed by atoms with Gasteiger partial charge in [-0.25, -0.2) is 0 Å². The number of hydrogen-bond donors (Lipinski definition) is 1. The van der Waals surface area contributed by atoms with Crippen LogP contribution in [0.4, 0.5) is 0 Å². The molecule has 1 atom stereocenters. The summed E-state index contributed by atoms with van der Waals surface area (Å²) in [6.45, 7) is 5.43. The fourth-order valence-electron chi connectivity index (χ4n) is 2.08. The number of amides is 2. The molecule has 1 rings (SSSR count). The molecule has 0 aromatic heterocycles. The highest BCUT2D eigenvalue weighted by Crippen LogP contribution is 2.05. The second kappa shape index (κ2) is 7.45. The van der Waals surface area contributed by atoms with Gasteiger partial charge in [0.25, 0.3) is 0 Å². The molecule has 0 bridgehead atoms. The molecule has 0 aliphatic carbocycles.